The van der Waals surface area contributed by atoms with E-state index in [1.54, 1.807) is 12.1 Å². The molecule has 1 unspecified atom stereocenters. The van der Waals surface area contributed by atoms with Gasteiger partial charge in [0, 0.05) is 18.6 Å². The van der Waals surface area contributed by atoms with Crippen molar-refractivity contribution >= 4 is 6.03 Å². The number of hydrogen-bond donors (Lipinski definition) is 1. The molecule has 1 aliphatic rings. The van der Waals surface area contributed by atoms with Crippen LogP contribution in [0.25, 0.3) is 0 Å². The molecule has 0 spiro atoms. The SMILES string of the molecule is CC(C)(C)NC(=O)N1CCCC(c2nnc(Cc3ccc(F)cc3)o2)C1. The monoisotopic (exact) mass is 360 g/mol. The number of rotatable bonds is 3. The molecular weight excluding hydrogens is 335 g/mol. The molecule has 0 bridgehead atoms. The summed E-state index contributed by atoms with van der Waals surface area (Å²) in [5.41, 5.74) is 0.646. The van der Waals surface area contributed by atoms with E-state index >= 15 is 0 Å². The minimum atomic E-state index is -0.268. The van der Waals surface area contributed by atoms with Crippen LogP contribution < -0.4 is 5.32 Å². The Hall–Kier alpha value is -2.44. The largest absolute Gasteiger partial charge is 0.425 e. The maximum Gasteiger partial charge on any atom is 0.317 e. The normalized spacial score (nSPS) is 18.0. The van der Waals surface area contributed by atoms with Gasteiger partial charge in [0.15, 0.2) is 0 Å². The van der Waals surface area contributed by atoms with Crippen LogP contribution in [0.4, 0.5) is 9.18 Å². The molecule has 3 rings (SSSR count). The molecule has 1 fully saturated rings. The molecule has 1 aromatic heterocycles. The maximum absolute atomic E-state index is 13.0. The zero-order chi connectivity index (χ0) is 18.7. The fourth-order valence-electron chi connectivity index (χ4n) is 3.04. The van der Waals surface area contributed by atoms with Gasteiger partial charge in [-0.1, -0.05) is 12.1 Å². The molecule has 2 heterocycles. The molecule has 2 aromatic rings. The first-order chi connectivity index (χ1) is 12.3. The third kappa shape index (κ3) is 4.80. The standard InChI is InChI=1S/C19H25FN4O2/c1-19(2,3)21-18(25)24-10-4-5-14(12-24)17-23-22-16(26-17)11-13-6-8-15(20)9-7-13/h6-9,14H,4-5,10-12H2,1-3H3,(H,21,25). The number of benzene rings is 1. The van der Waals surface area contributed by atoms with Gasteiger partial charge in [-0.3, -0.25) is 0 Å². The van der Waals surface area contributed by atoms with Crippen LogP contribution in [-0.2, 0) is 6.42 Å². The Labute approximate surface area is 152 Å². The topological polar surface area (TPSA) is 71.3 Å². The van der Waals surface area contributed by atoms with Crippen molar-refractivity contribution in [3.63, 3.8) is 0 Å². The Morgan fingerprint density at radius 2 is 2.04 bits per heavy atom. The lowest BCUT2D eigenvalue weighted by Crippen LogP contribution is -2.51. The lowest BCUT2D eigenvalue weighted by atomic mass is 9.98. The van der Waals surface area contributed by atoms with E-state index in [9.17, 15) is 9.18 Å². The smallest absolute Gasteiger partial charge is 0.317 e. The minimum Gasteiger partial charge on any atom is -0.425 e. The molecule has 1 aliphatic heterocycles. The Balaban J connectivity index is 1.63. The van der Waals surface area contributed by atoms with Gasteiger partial charge in [0.05, 0.1) is 12.3 Å². The number of amides is 2. The van der Waals surface area contributed by atoms with Crippen LogP contribution in [0.1, 0.15) is 56.9 Å². The summed E-state index contributed by atoms with van der Waals surface area (Å²) in [6.07, 6.45) is 2.28. The van der Waals surface area contributed by atoms with E-state index in [0.717, 1.165) is 24.9 Å². The number of carbonyl (C=O) groups is 1. The van der Waals surface area contributed by atoms with Gasteiger partial charge in [0.2, 0.25) is 11.8 Å². The highest BCUT2D eigenvalue weighted by Gasteiger charge is 2.29. The van der Waals surface area contributed by atoms with Gasteiger partial charge in [-0.2, -0.15) is 0 Å². The van der Waals surface area contributed by atoms with Crippen molar-refractivity contribution in [1.82, 2.24) is 20.4 Å². The number of aromatic nitrogens is 2. The van der Waals surface area contributed by atoms with E-state index in [-0.39, 0.29) is 23.3 Å². The van der Waals surface area contributed by atoms with Crippen molar-refractivity contribution in [3.8, 4) is 0 Å². The summed E-state index contributed by atoms with van der Waals surface area (Å²) in [6.45, 7) is 7.19. The number of likely N-dealkylation sites (tertiary alicyclic amines) is 1. The molecule has 26 heavy (non-hydrogen) atoms. The maximum atomic E-state index is 13.0. The van der Waals surface area contributed by atoms with E-state index in [1.807, 2.05) is 25.7 Å². The highest BCUT2D eigenvalue weighted by Crippen LogP contribution is 2.26. The molecule has 2 amide bonds. The minimum absolute atomic E-state index is 0.0453. The molecule has 7 heteroatoms. The van der Waals surface area contributed by atoms with Crippen LogP contribution in [-0.4, -0.2) is 39.8 Å². The Bertz CT molecular complexity index is 752. The lowest BCUT2D eigenvalue weighted by molar-refractivity contribution is 0.166. The van der Waals surface area contributed by atoms with E-state index in [4.69, 9.17) is 4.42 Å². The van der Waals surface area contributed by atoms with Crippen LogP contribution in [0.2, 0.25) is 0 Å². The van der Waals surface area contributed by atoms with Gasteiger partial charge in [-0.25, -0.2) is 9.18 Å². The molecule has 0 aliphatic carbocycles. The molecule has 0 saturated carbocycles. The van der Waals surface area contributed by atoms with Gasteiger partial charge in [-0.05, 0) is 51.3 Å². The average Bonchev–Trinajstić information content (AvgIpc) is 3.04. The second kappa shape index (κ2) is 7.43. The predicted molar refractivity (Wildman–Crippen MR) is 95.3 cm³/mol. The molecular formula is C19H25FN4O2. The summed E-state index contributed by atoms with van der Waals surface area (Å²) in [5, 5.41) is 11.3. The number of urea groups is 1. The van der Waals surface area contributed by atoms with Crippen molar-refractivity contribution in [2.75, 3.05) is 13.1 Å². The van der Waals surface area contributed by atoms with Crippen LogP contribution in [0, 0.1) is 5.82 Å². The summed E-state index contributed by atoms with van der Waals surface area (Å²) in [6, 6.07) is 6.18. The molecule has 1 aromatic carbocycles. The second-order valence-corrected chi connectivity index (χ2v) is 7.80. The van der Waals surface area contributed by atoms with Gasteiger partial charge >= 0.3 is 6.03 Å². The highest BCUT2D eigenvalue weighted by atomic mass is 19.1. The van der Waals surface area contributed by atoms with E-state index < -0.39 is 0 Å². The number of hydrogen-bond acceptors (Lipinski definition) is 4. The number of nitrogens with zero attached hydrogens (tertiary/aromatic N) is 3. The Morgan fingerprint density at radius 1 is 1.31 bits per heavy atom. The summed E-state index contributed by atoms with van der Waals surface area (Å²) >= 11 is 0. The Kier molecular flexibility index (Phi) is 5.25. The van der Waals surface area contributed by atoms with E-state index in [1.165, 1.54) is 12.1 Å². The van der Waals surface area contributed by atoms with Crippen LogP contribution >= 0.6 is 0 Å². The molecule has 1 N–H and O–H groups in total. The van der Waals surface area contributed by atoms with Crippen LogP contribution in [0.15, 0.2) is 28.7 Å². The second-order valence-electron chi connectivity index (χ2n) is 7.80. The number of piperidine rings is 1. The van der Waals surface area contributed by atoms with E-state index in [0.29, 0.717) is 24.7 Å². The van der Waals surface area contributed by atoms with Gasteiger partial charge in [-0.15, -0.1) is 10.2 Å². The fourth-order valence-corrected chi connectivity index (χ4v) is 3.04. The van der Waals surface area contributed by atoms with E-state index in [2.05, 4.69) is 15.5 Å². The molecule has 1 atom stereocenters. The Morgan fingerprint density at radius 3 is 2.73 bits per heavy atom. The summed E-state index contributed by atoms with van der Waals surface area (Å²) in [4.78, 5) is 14.2. The zero-order valence-electron chi connectivity index (χ0n) is 15.5. The highest BCUT2D eigenvalue weighted by molar-refractivity contribution is 5.75. The number of nitrogens with one attached hydrogen (secondary N) is 1. The first-order valence-corrected chi connectivity index (χ1v) is 8.94. The van der Waals surface area contributed by atoms with Crippen LogP contribution in [0.3, 0.4) is 0 Å². The van der Waals surface area contributed by atoms with Crippen molar-refractivity contribution in [3.05, 3.63) is 47.4 Å². The third-order valence-electron chi connectivity index (χ3n) is 4.29. The molecule has 0 radical (unpaired) electrons. The lowest BCUT2D eigenvalue weighted by Gasteiger charge is -2.33. The van der Waals surface area contributed by atoms with Crippen molar-refractivity contribution in [2.45, 2.75) is 51.5 Å². The predicted octanol–water partition coefficient (Wildman–Crippen LogP) is 3.49. The van der Waals surface area contributed by atoms with Gasteiger partial charge in [0.1, 0.15) is 5.82 Å². The van der Waals surface area contributed by atoms with Crippen molar-refractivity contribution in [2.24, 2.45) is 0 Å². The number of carbonyl (C=O) groups excluding carboxylic acids is 1. The summed E-state index contributed by atoms with van der Waals surface area (Å²) in [7, 11) is 0. The zero-order valence-corrected chi connectivity index (χ0v) is 15.5. The third-order valence-corrected chi connectivity index (χ3v) is 4.29. The fraction of sp³-hybridized carbons (Fsp3) is 0.526. The van der Waals surface area contributed by atoms with Crippen LogP contribution in [0.5, 0.6) is 0 Å². The first-order valence-electron chi connectivity index (χ1n) is 8.94. The molecule has 1 saturated heterocycles. The first kappa shape index (κ1) is 18.4. The van der Waals surface area contributed by atoms with Gasteiger partial charge in [0.25, 0.3) is 0 Å². The molecule has 6 nitrogen and oxygen atoms in total. The number of halogens is 1. The molecule has 140 valence electrons. The summed E-state index contributed by atoms with van der Waals surface area (Å²) in [5.74, 6) is 0.845. The average molecular weight is 360 g/mol. The van der Waals surface area contributed by atoms with Crippen molar-refractivity contribution in [1.29, 1.82) is 0 Å². The van der Waals surface area contributed by atoms with Gasteiger partial charge < -0.3 is 14.6 Å². The quantitative estimate of drug-likeness (QED) is 0.909. The summed E-state index contributed by atoms with van der Waals surface area (Å²) < 4.78 is 18.8. The van der Waals surface area contributed by atoms with Crippen molar-refractivity contribution < 1.29 is 13.6 Å².